The van der Waals surface area contributed by atoms with Crippen LogP contribution in [0.2, 0.25) is 0 Å². The van der Waals surface area contributed by atoms with Crippen LogP contribution in [-0.4, -0.2) is 26.5 Å². The lowest BCUT2D eigenvalue weighted by atomic mass is 10.2. The number of anilines is 1. The molecule has 5 heteroatoms. The average molecular weight is 245 g/mol. The quantitative estimate of drug-likeness (QED) is 0.862. The molecule has 3 nitrogen and oxygen atoms in total. The van der Waals surface area contributed by atoms with Crippen molar-refractivity contribution < 1.29 is 12.8 Å². The van der Waals surface area contributed by atoms with Crippen LogP contribution in [0.3, 0.4) is 0 Å². The van der Waals surface area contributed by atoms with Gasteiger partial charge in [-0.05, 0) is 30.7 Å². The molecule has 0 aliphatic heterocycles. The Bertz CT molecular complexity index is 437. The third kappa shape index (κ3) is 4.18. The Morgan fingerprint density at radius 1 is 1.31 bits per heavy atom. The molecule has 0 aliphatic rings. The van der Waals surface area contributed by atoms with Gasteiger partial charge in [-0.1, -0.05) is 6.92 Å². The molecule has 0 aliphatic carbocycles. The summed E-state index contributed by atoms with van der Waals surface area (Å²) < 4.78 is 35.4. The molecule has 0 aromatic heterocycles. The number of benzene rings is 1. The Morgan fingerprint density at radius 3 is 2.56 bits per heavy atom. The van der Waals surface area contributed by atoms with Crippen molar-refractivity contribution >= 4 is 15.5 Å². The minimum Gasteiger partial charge on any atom is -0.384 e. The lowest BCUT2D eigenvalue weighted by Crippen LogP contribution is -2.17. The highest BCUT2D eigenvalue weighted by Crippen LogP contribution is 2.12. The van der Waals surface area contributed by atoms with E-state index in [-0.39, 0.29) is 17.3 Å². The summed E-state index contributed by atoms with van der Waals surface area (Å²) in [7, 11) is -2.97. The van der Waals surface area contributed by atoms with Crippen molar-refractivity contribution in [2.24, 2.45) is 0 Å². The first-order valence-electron chi connectivity index (χ1n) is 5.14. The Balaban J connectivity index is 2.55. The third-order valence-electron chi connectivity index (χ3n) is 2.22. The smallest absolute Gasteiger partial charge is 0.151 e. The summed E-state index contributed by atoms with van der Waals surface area (Å²) in [6.45, 7) is 3.71. The van der Waals surface area contributed by atoms with Crippen LogP contribution in [0.4, 0.5) is 10.1 Å². The molecule has 0 atom stereocenters. The highest BCUT2D eigenvalue weighted by Gasteiger charge is 2.06. The molecule has 1 N–H and O–H groups in total. The van der Waals surface area contributed by atoms with Crippen LogP contribution in [-0.2, 0) is 9.84 Å². The number of sulfone groups is 1. The molecule has 1 rings (SSSR count). The highest BCUT2D eigenvalue weighted by molar-refractivity contribution is 7.91. The van der Waals surface area contributed by atoms with E-state index in [1.54, 1.807) is 19.9 Å². The highest BCUT2D eigenvalue weighted by atomic mass is 32.2. The number of hydrogen-bond acceptors (Lipinski definition) is 3. The van der Waals surface area contributed by atoms with Crippen molar-refractivity contribution in [3.8, 4) is 0 Å². The number of nitrogens with one attached hydrogen (secondary N) is 1. The number of halogens is 1. The average Bonchev–Trinajstić information content (AvgIpc) is 2.16. The van der Waals surface area contributed by atoms with Crippen molar-refractivity contribution in [2.45, 2.75) is 13.8 Å². The lowest BCUT2D eigenvalue weighted by Gasteiger charge is -2.07. The first-order chi connectivity index (χ1) is 7.43. The topological polar surface area (TPSA) is 46.2 Å². The van der Waals surface area contributed by atoms with Crippen LogP contribution in [0.15, 0.2) is 18.2 Å². The normalized spacial score (nSPS) is 11.4. The van der Waals surface area contributed by atoms with Crippen molar-refractivity contribution in [2.75, 3.05) is 23.4 Å². The molecule has 0 unspecified atom stereocenters. The zero-order valence-corrected chi connectivity index (χ0v) is 10.3. The van der Waals surface area contributed by atoms with E-state index < -0.39 is 9.84 Å². The zero-order valence-electron chi connectivity index (χ0n) is 9.46. The van der Waals surface area contributed by atoms with Gasteiger partial charge >= 0.3 is 0 Å². The second kappa shape index (κ2) is 5.30. The largest absolute Gasteiger partial charge is 0.384 e. The number of aryl methyl sites for hydroxylation is 1. The maximum Gasteiger partial charge on any atom is 0.151 e. The molecule has 0 spiro atoms. The summed E-state index contributed by atoms with van der Waals surface area (Å²) >= 11 is 0. The molecule has 0 saturated heterocycles. The monoisotopic (exact) mass is 245 g/mol. The molecular weight excluding hydrogens is 229 g/mol. The summed E-state index contributed by atoms with van der Waals surface area (Å²) in [4.78, 5) is 0. The summed E-state index contributed by atoms with van der Waals surface area (Å²) in [6.07, 6.45) is 0. The fourth-order valence-corrected chi connectivity index (χ4v) is 2.04. The second-order valence-electron chi connectivity index (χ2n) is 3.68. The molecular formula is C11H16FNO2S. The van der Waals surface area contributed by atoms with Gasteiger partial charge in [-0.25, -0.2) is 12.8 Å². The predicted molar refractivity (Wildman–Crippen MR) is 64.0 cm³/mol. The maximum absolute atomic E-state index is 13.0. The van der Waals surface area contributed by atoms with Crippen LogP contribution < -0.4 is 5.32 Å². The molecule has 0 radical (unpaired) electrons. The maximum atomic E-state index is 13.0. The predicted octanol–water partition coefficient (Wildman–Crippen LogP) is 1.98. The zero-order chi connectivity index (χ0) is 12.2. The van der Waals surface area contributed by atoms with Gasteiger partial charge in [0, 0.05) is 18.0 Å². The fourth-order valence-electron chi connectivity index (χ4n) is 1.33. The van der Waals surface area contributed by atoms with Gasteiger partial charge in [-0.2, -0.15) is 0 Å². The molecule has 0 heterocycles. The first-order valence-corrected chi connectivity index (χ1v) is 6.96. The van der Waals surface area contributed by atoms with E-state index in [4.69, 9.17) is 0 Å². The van der Waals surface area contributed by atoms with Gasteiger partial charge in [0.1, 0.15) is 5.82 Å². The van der Waals surface area contributed by atoms with Crippen molar-refractivity contribution in [3.05, 3.63) is 29.6 Å². The Kier molecular flexibility index (Phi) is 4.29. The van der Waals surface area contributed by atoms with E-state index in [2.05, 4.69) is 5.32 Å². The minimum absolute atomic E-state index is 0.0685. The molecule has 0 bridgehead atoms. The minimum atomic E-state index is -2.97. The van der Waals surface area contributed by atoms with Gasteiger partial charge in [-0.15, -0.1) is 0 Å². The Hall–Kier alpha value is -1.10. The molecule has 0 fully saturated rings. The third-order valence-corrected chi connectivity index (χ3v) is 3.93. The Morgan fingerprint density at radius 2 is 2.00 bits per heavy atom. The van der Waals surface area contributed by atoms with Gasteiger partial charge in [0.05, 0.1) is 5.75 Å². The molecule has 1 aromatic rings. The SMILES string of the molecule is CCS(=O)(=O)CCNc1cc(C)cc(F)c1. The van der Waals surface area contributed by atoms with Crippen LogP contribution in [0.25, 0.3) is 0 Å². The molecule has 1 aromatic carbocycles. The second-order valence-corrected chi connectivity index (χ2v) is 6.15. The van der Waals surface area contributed by atoms with E-state index in [0.717, 1.165) is 5.56 Å². The van der Waals surface area contributed by atoms with Crippen LogP contribution in [0.5, 0.6) is 0 Å². The van der Waals surface area contributed by atoms with Crippen LogP contribution in [0.1, 0.15) is 12.5 Å². The van der Waals surface area contributed by atoms with Crippen molar-refractivity contribution in [1.82, 2.24) is 0 Å². The molecule has 0 saturated carbocycles. The number of hydrogen-bond donors (Lipinski definition) is 1. The van der Waals surface area contributed by atoms with E-state index in [9.17, 15) is 12.8 Å². The molecule has 0 amide bonds. The van der Waals surface area contributed by atoms with E-state index in [1.165, 1.54) is 12.1 Å². The van der Waals surface area contributed by atoms with Gasteiger partial charge in [0.2, 0.25) is 0 Å². The van der Waals surface area contributed by atoms with Crippen LogP contribution in [0, 0.1) is 12.7 Å². The summed E-state index contributed by atoms with van der Waals surface area (Å²) in [5, 5.41) is 2.90. The summed E-state index contributed by atoms with van der Waals surface area (Å²) in [5.41, 5.74) is 1.42. The van der Waals surface area contributed by atoms with Gasteiger partial charge in [0.25, 0.3) is 0 Å². The van der Waals surface area contributed by atoms with Gasteiger partial charge < -0.3 is 5.32 Å². The van der Waals surface area contributed by atoms with Crippen molar-refractivity contribution in [3.63, 3.8) is 0 Å². The summed E-state index contributed by atoms with van der Waals surface area (Å²) in [5.74, 6) is -0.114. The lowest BCUT2D eigenvalue weighted by molar-refractivity contribution is 0.597. The van der Waals surface area contributed by atoms with E-state index in [1.807, 2.05) is 0 Å². The molecule has 90 valence electrons. The number of rotatable bonds is 5. The van der Waals surface area contributed by atoms with E-state index >= 15 is 0 Å². The van der Waals surface area contributed by atoms with Gasteiger partial charge in [0.15, 0.2) is 9.84 Å². The molecule has 16 heavy (non-hydrogen) atoms. The van der Waals surface area contributed by atoms with E-state index in [0.29, 0.717) is 12.2 Å². The summed E-state index contributed by atoms with van der Waals surface area (Å²) in [6, 6.07) is 4.56. The van der Waals surface area contributed by atoms with Gasteiger partial charge in [-0.3, -0.25) is 0 Å². The fraction of sp³-hybridized carbons (Fsp3) is 0.455. The van der Waals surface area contributed by atoms with Crippen LogP contribution >= 0.6 is 0 Å². The van der Waals surface area contributed by atoms with Crippen molar-refractivity contribution in [1.29, 1.82) is 0 Å². The standard InChI is InChI=1S/C11H16FNO2S/c1-3-16(14,15)5-4-13-11-7-9(2)6-10(12)8-11/h6-8,13H,3-5H2,1-2H3. The Labute approximate surface area is 95.6 Å². The first kappa shape index (κ1) is 13.0.